The highest BCUT2D eigenvalue weighted by Gasteiger charge is 2.66. The van der Waals surface area contributed by atoms with Crippen molar-refractivity contribution in [1.29, 1.82) is 0 Å². The monoisotopic (exact) mass is 891 g/mol. The number of benzene rings is 8. The number of allylic oxidation sites excluding steroid dienone is 2. The van der Waals surface area contributed by atoms with E-state index in [1.165, 1.54) is 113 Å². The van der Waals surface area contributed by atoms with Gasteiger partial charge in [0.1, 0.15) is 11.2 Å². The fourth-order valence-corrected chi connectivity index (χ4v) is 15.9. The van der Waals surface area contributed by atoms with E-state index in [4.69, 9.17) is 4.42 Å². The molecular formula is C67H57NO. The summed E-state index contributed by atoms with van der Waals surface area (Å²) in [6.07, 6.45) is 21.7. The zero-order chi connectivity index (χ0) is 45.2. The lowest BCUT2D eigenvalue weighted by Gasteiger charge is -2.44. The van der Waals surface area contributed by atoms with E-state index in [1.54, 1.807) is 11.1 Å². The minimum absolute atomic E-state index is 0.0160. The molecule has 336 valence electrons. The van der Waals surface area contributed by atoms with Crippen LogP contribution in [0.2, 0.25) is 0 Å². The van der Waals surface area contributed by atoms with Crippen molar-refractivity contribution >= 4 is 44.1 Å². The Balaban J connectivity index is 0.904. The van der Waals surface area contributed by atoms with E-state index in [2.05, 4.69) is 199 Å². The number of hydrogen-bond acceptors (Lipinski definition) is 2. The van der Waals surface area contributed by atoms with E-state index >= 15 is 0 Å². The topological polar surface area (TPSA) is 16.4 Å². The van der Waals surface area contributed by atoms with Gasteiger partial charge in [-0.15, -0.1) is 0 Å². The molecule has 69 heavy (non-hydrogen) atoms. The average molecular weight is 892 g/mol. The lowest BCUT2D eigenvalue weighted by atomic mass is 9.59. The zero-order valence-electron chi connectivity index (χ0n) is 39.2. The molecule has 0 saturated heterocycles. The van der Waals surface area contributed by atoms with Crippen LogP contribution in [0.5, 0.6) is 0 Å². The standard InChI is InChI=1S/C67H57NO/c1-2-15-43(16-3-1)51-23-12-17-45-18-13-25-57(65(45)51)55-21-6-10-29-63(55)68(49-34-31-44(32-35-49)52-24-14-26-58-56-22-7-11-30-64(56)69-66(52)58)62-28-9-5-19-50(62)46-33-36-54-53-20-4-8-27-59(53)67(61(54)41-46)48-38-42-37-47(40-48)60(67)39-42/h4-14,17-36,41-43,47-48,50,60,62H,1-3,15-16,37-40H2. The van der Waals surface area contributed by atoms with Gasteiger partial charge in [0.25, 0.3) is 0 Å². The summed E-state index contributed by atoms with van der Waals surface area (Å²) < 4.78 is 6.59. The van der Waals surface area contributed by atoms with Gasteiger partial charge in [-0.2, -0.15) is 0 Å². The van der Waals surface area contributed by atoms with Crippen molar-refractivity contribution < 1.29 is 4.42 Å². The molecule has 5 fully saturated rings. The van der Waals surface area contributed by atoms with E-state index in [0.717, 1.165) is 56.7 Å². The zero-order valence-corrected chi connectivity index (χ0v) is 39.2. The quantitative estimate of drug-likeness (QED) is 0.159. The van der Waals surface area contributed by atoms with Crippen molar-refractivity contribution in [2.24, 2.45) is 23.7 Å². The first kappa shape index (κ1) is 40.0. The van der Waals surface area contributed by atoms with Crippen LogP contribution in [0.15, 0.2) is 199 Å². The number of rotatable bonds is 7. The van der Waals surface area contributed by atoms with Crippen LogP contribution >= 0.6 is 0 Å². The minimum atomic E-state index is 0.0160. The highest BCUT2D eigenvalue weighted by Crippen LogP contribution is 2.73. The van der Waals surface area contributed by atoms with E-state index < -0.39 is 0 Å². The van der Waals surface area contributed by atoms with Crippen molar-refractivity contribution in [3.63, 3.8) is 0 Å². The molecule has 1 heterocycles. The second-order valence-electron chi connectivity index (χ2n) is 21.7. The Morgan fingerprint density at radius 3 is 2.17 bits per heavy atom. The number of furan rings is 1. The van der Waals surface area contributed by atoms with Crippen molar-refractivity contribution in [3.8, 4) is 33.4 Å². The second kappa shape index (κ2) is 15.6. The molecule has 8 aromatic carbocycles. The SMILES string of the molecule is C1=CC(c2ccc3c(c2)C2(c4ccccc4-3)C3CC4CC(C3)C2C4)C(N(c2ccc(-c3cccc4c3oc3ccccc34)cc2)c2ccccc2-c2cccc3cccc(C4CCCCC4)c23)C=C1. The van der Waals surface area contributed by atoms with Crippen LogP contribution in [-0.2, 0) is 5.41 Å². The van der Waals surface area contributed by atoms with Gasteiger partial charge >= 0.3 is 0 Å². The summed E-state index contributed by atoms with van der Waals surface area (Å²) in [6.45, 7) is 0. The first-order valence-corrected chi connectivity index (χ1v) is 26.2. The Bertz CT molecular complexity index is 3550. The highest BCUT2D eigenvalue weighted by atomic mass is 16.3. The molecule has 0 amide bonds. The van der Waals surface area contributed by atoms with Crippen molar-refractivity contribution in [3.05, 3.63) is 216 Å². The van der Waals surface area contributed by atoms with Crippen molar-refractivity contribution in [1.82, 2.24) is 0 Å². The van der Waals surface area contributed by atoms with Crippen LogP contribution in [0.25, 0.3) is 66.1 Å². The first-order chi connectivity index (χ1) is 34.2. The smallest absolute Gasteiger partial charge is 0.143 e. The third-order valence-electron chi connectivity index (χ3n) is 18.5. The van der Waals surface area contributed by atoms with E-state index in [9.17, 15) is 0 Å². The largest absolute Gasteiger partial charge is 0.455 e. The van der Waals surface area contributed by atoms with Crippen LogP contribution in [0.4, 0.5) is 11.4 Å². The summed E-state index contributed by atoms with van der Waals surface area (Å²) >= 11 is 0. The van der Waals surface area contributed by atoms with Gasteiger partial charge in [0, 0.05) is 44.6 Å². The molecule has 7 atom stereocenters. The number of fused-ring (bicyclic) bond motifs is 7. The van der Waals surface area contributed by atoms with E-state index in [1.807, 2.05) is 0 Å². The lowest BCUT2D eigenvalue weighted by Crippen LogP contribution is -2.40. The Labute approximate surface area is 406 Å². The number of para-hydroxylation sites is 3. The van der Waals surface area contributed by atoms with E-state index in [-0.39, 0.29) is 17.4 Å². The fraction of sp³-hybridized carbons (Fsp3) is 0.254. The molecule has 7 aliphatic rings. The minimum Gasteiger partial charge on any atom is -0.455 e. The fourth-order valence-electron chi connectivity index (χ4n) is 15.9. The van der Waals surface area contributed by atoms with Crippen LogP contribution in [0.3, 0.4) is 0 Å². The maximum atomic E-state index is 6.59. The Morgan fingerprint density at radius 2 is 1.28 bits per heavy atom. The average Bonchev–Trinajstić information content (AvgIpc) is 4.10. The van der Waals surface area contributed by atoms with Gasteiger partial charge in [0.2, 0.25) is 0 Å². The van der Waals surface area contributed by atoms with E-state index in [0.29, 0.717) is 5.92 Å². The summed E-state index contributed by atoms with van der Waals surface area (Å²) in [7, 11) is 0. The van der Waals surface area contributed by atoms with Gasteiger partial charge < -0.3 is 9.32 Å². The molecule has 16 rings (SSSR count). The molecule has 0 radical (unpaired) electrons. The van der Waals surface area contributed by atoms with Gasteiger partial charge in [-0.05, 0) is 148 Å². The number of hydrogen-bond donors (Lipinski definition) is 0. The lowest BCUT2D eigenvalue weighted by molar-refractivity contribution is 0.190. The summed E-state index contributed by atoms with van der Waals surface area (Å²) in [5.74, 6) is 3.99. The van der Waals surface area contributed by atoms with Gasteiger partial charge in [0.15, 0.2) is 0 Å². The molecule has 2 nitrogen and oxygen atoms in total. The van der Waals surface area contributed by atoms with Crippen molar-refractivity contribution in [2.45, 2.75) is 81.1 Å². The van der Waals surface area contributed by atoms with Crippen LogP contribution < -0.4 is 4.90 Å². The van der Waals surface area contributed by atoms with Crippen molar-refractivity contribution in [2.75, 3.05) is 4.90 Å². The summed E-state index contributed by atoms with van der Waals surface area (Å²) in [5.41, 5.74) is 18.5. The van der Waals surface area contributed by atoms with Crippen LogP contribution in [0.1, 0.15) is 91.9 Å². The molecule has 7 unspecified atom stereocenters. The number of anilines is 2. The molecule has 1 aromatic heterocycles. The van der Waals surface area contributed by atoms with Gasteiger partial charge in [-0.1, -0.05) is 189 Å². The third-order valence-corrected chi connectivity index (χ3v) is 18.5. The molecule has 1 spiro atoms. The molecular weight excluding hydrogens is 835 g/mol. The third kappa shape index (κ3) is 5.91. The molecule has 9 aromatic rings. The predicted octanol–water partition coefficient (Wildman–Crippen LogP) is 17.9. The molecule has 0 aliphatic heterocycles. The molecule has 0 N–H and O–H groups in total. The summed E-state index contributed by atoms with van der Waals surface area (Å²) in [4.78, 5) is 2.68. The maximum Gasteiger partial charge on any atom is 0.143 e. The molecule has 7 aliphatic carbocycles. The summed E-state index contributed by atoms with van der Waals surface area (Å²) in [6, 6.07) is 65.0. The number of nitrogens with zero attached hydrogens (tertiary/aromatic N) is 1. The Morgan fingerprint density at radius 1 is 0.536 bits per heavy atom. The molecule has 2 heteroatoms. The maximum absolute atomic E-state index is 6.59. The Kier molecular flexibility index (Phi) is 9.03. The Hall–Kier alpha value is -6.90. The van der Waals surface area contributed by atoms with Gasteiger partial charge in [-0.25, -0.2) is 0 Å². The predicted molar refractivity (Wildman–Crippen MR) is 286 cm³/mol. The second-order valence-corrected chi connectivity index (χ2v) is 21.7. The molecule has 4 bridgehead atoms. The molecule has 5 saturated carbocycles. The van der Waals surface area contributed by atoms with Crippen LogP contribution in [0, 0.1) is 23.7 Å². The van der Waals surface area contributed by atoms with Gasteiger partial charge in [-0.3, -0.25) is 0 Å². The normalized spacial score (nSPS) is 25.3. The first-order valence-electron chi connectivity index (χ1n) is 26.2. The van der Waals surface area contributed by atoms with Gasteiger partial charge in [0.05, 0.1) is 6.04 Å². The van der Waals surface area contributed by atoms with Crippen LogP contribution in [-0.4, -0.2) is 6.04 Å². The summed E-state index contributed by atoms with van der Waals surface area (Å²) in [5, 5.41) is 5.07. The highest BCUT2D eigenvalue weighted by molar-refractivity contribution is 6.09.